The molecule has 1 saturated carbocycles. The smallest absolute Gasteiger partial charge is 0.257 e. The van der Waals surface area contributed by atoms with E-state index in [1.54, 1.807) is 0 Å². The van der Waals surface area contributed by atoms with E-state index in [2.05, 4.69) is 10.1 Å². The highest BCUT2D eigenvalue weighted by molar-refractivity contribution is 5.95. The third-order valence-corrected chi connectivity index (χ3v) is 4.67. The predicted octanol–water partition coefficient (Wildman–Crippen LogP) is 2.18. The Balaban J connectivity index is 1.51. The van der Waals surface area contributed by atoms with E-state index in [1.165, 1.54) is 0 Å². The molecule has 6 nitrogen and oxygen atoms in total. The number of nitrogens with zero attached hydrogens (tertiary/aromatic N) is 3. The molecule has 1 aromatic heterocycles. The topological polar surface area (TPSA) is 85.2 Å². The first-order valence-corrected chi connectivity index (χ1v) is 8.21. The number of aromatic nitrogens is 2. The second kappa shape index (κ2) is 5.77. The van der Waals surface area contributed by atoms with Crippen LogP contribution in [-0.4, -0.2) is 40.1 Å². The molecule has 23 heavy (non-hydrogen) atoms. The van der Waals surface area contributed by atoms with Gasteiger partial charge in [0, 0.05) is 36.2 Å². The molecule has 2 aromatic rings. The molecular formula is C17H20N4O2. The molecule has 1 saturated heterocycles. The lowest BCUT2D eigenvalue weighted by atomic mass is 10.1. The SMILES string of the molecule is NC[C@H]1CCCN1C(=O)c1ccc(-c2nc(C3CC3)no2)cc1. The van der Waals surface area contributed by atoms with Crippen LogP contribution in [0.25, 0.3) is 11.5 Å². The van der Waals surface area contributed by atoms with Crippen molar-refractivity contribution in [3.8, 4) is 11.5 Å². The first-order chi connectivity index (χ1) is 11.3. The first kappa shape index (κ1) is 14.4. The van der Waals surface area contributed by atoms with Crippen LogP contribution in [0.3, 0.4) is 0 Å². The van der Waals surface area contributed by atoms with Crippen LogP contribution in [-0.2, 0) is 0 Å². The standard InChI is InChI=1S/C17H20N4O2/c18-10-14-2-1-9-21(14)17(22)13-7-5-12(6-8-13)16-19-15(20-23-16)11-3-4-11/h5-8,11,14H,1-4,9-10,18H2/t14-/m1/s1. The van der Waals surface area contributed by atoms with Gasteiger partial charge in [-0.2, -0.15) is 4.98 Å². The lowest BCUT2D eigenvalue weighted by Crippen LogP contribution is -2.39. The fraction of sp³-hybridized carbons (Fsp3) is 0.471. The van der Waals surface area contributed by atoms with E-state index in [9.17, 15) is 4.79 Å². The monoisotopic (exact) mass is 312 g/mol. The summed E-state index contributed by atoms with van der Waals surface area (Å²) in [4.78, 5) is 18.9. The van der Waals surface area contributed by atoms with Crippen LogP contribution in [0.4, 0.5) is 0 Å². The van der Waals surface area contributed by atoms with Crippen LogP contribution in [0.1, 0.15) is 47.8 Å². The third kappa shape index (κ3) is 2.74. The minimum Gasteiger partial charge on any atom is -0.334 e. The minimum atomic E-state index is 0.0497. The number of benzene rings is 1. The minimum absolute atomic E-state index is 0.0497. The molecule has 1 aliphatic heterocycles. The molecule has 0 radical (unpaired) electrons. The van der Waals surface area contributed by atoms with Gasteiger partial charge in [-0.25, -0.2) is 0 Å². The van der Waals surface area contributed by atoms with E-state index >= 15 is 0 Å². The summed E-state index contributed by atoms with van der Waals surface area (Å²) in [6.07, 6.45) is 4.30. The van der Waals surface area contributed by atoms with Crippen molar-refractivity contribution >= 4 is 5.91 Å². The Hall–Kier alpha value is -2.21. The zero-order valence-electron chi connectivity index (χ0n) is 12.9. The van der Waals surface area contributed by atoms with Gasteiger partial charge in [-0.3, -0.25) is 4.79 Å². The van der Waals surface area contributed by atoms with Gasteiger partial charge in [0.05, 0.1) is 0 Å². The van der Waals surface area contributed by atoms with Crippen LogP contribution in [0.5, 0.6) is 0 Å². The summed E-state index contributed by atoms with van der Waals surface area (Å²) in [6.45, 7) is 1.31. The van der Waals surface area contributed by atoms with Gasteiger partial charge in [0.15, 0.2) is 5.82 Å². The lowest BCUT2D eigenvalue weighted by Gasteiger charge is -2.23. The van der Waals surface area contributed by atoms with Crippen molar-refractivity contribution in [2.45, 2.75) is 37.6 Å². The van der Waals surface area contributed by atoms with Crippen molar-refractivity contribution < 1.29 is 9.32 Å². The van der Waals surface area contributed by atoms with Crippen molar-refractivity contribution in [3.05, 3.63) is 35.7 Å². The largest absolute Gasteiger partial charge is 0.334 e. The second-order valence-corrected chi connectivity index (χ2v) is 6.34. The van der Waals surface area contributed by atoms with Gasteiger partial charge in [0.2, 0.25) is 0 Å². The number of amides is 1. The summed E-state index contributed by atoms with van der Waals surface area (Å²) in [5, 5.41) is 4.02. The summed E-state index contributed by atoms with van der Waals surface area (Å²) in [6, 6.07) is 7.55. The molecule has 0 bridgehead atoms. The number of rotatable bonds is 4. The molecule has 2 fully saturated rings. The molecule has 0 spiro atoms. The zero-order valence-corrected chi connectivity index (χ0v) is 12.9. The van der Waals surface area contributed by atoms with Gasteiger partial charge in [-0.05, 0) is 49.9 Å². The molecule has 2 heterocycles. The summed E-state index contributed by atoms with van der Waals surface area (Å²) < 4.78 is 5.31. The van der Waals surface area contributed by atoms with Crippen molar-refractivity contribution in [2.24, 2.45) is 5.73 Å². The third-order valence-electron chi connectivity index (χ3n) is 4.67. The maximum atomic E-state index is 12.6. The summed E-state index contributed by atoms with van der Waals surface area (Å²) in [5.41, 5.74) is 7.27. The summed E-state index contributed by atoms with van der Waals surface area (Å²) in [7, 11) is 0. The molecule has 120 valence electrons. The highest BCUT2D eigenvalue weighted by atomic mass is 16.5. The quantitative estimate of drug-likeness (QED) is 0.935. The average Bonchev–Trinajstić information content (AvgIpc) is 3.14. The first-order valence-electron chi connectivity index (χ1n) is 8.21. The molecule has 2 aliphatic rings. The number of carbonyl (C=O) groups is 1. The van der Waals surface area contributed by atoms with E-state index in [4.69, 9.17) is 10.3 Å². The fourth-order valence-corrected chi connectivity index (χ4v) is 3.13. The maximum Gasteiger partial charge on any atom is 0.257 e. The molecular weight excluding hydrogens is 292 g/mol. The zero-order chi connectivity index (χ0) is 15.8. The van der Waals surface area contributed by atoms with E-state index in [-0.39, 0.29) is 11.9 Å². The number of hydrogen-bond acceptors (Lipinski definition) is 5. The number of carbonyl (C=O) groups excluding carboxylic acids is 1. The molecule has 1 amide bonds. The highest BCUT2D eigenvalue weighted by Crippen LogP contribution is 2.38. The Labute approximate surface area is 134 Å². The molecule has 2 N–H and O–H groups in total. The summed E-state index contributed by atoms with van der Waals surface area (Å²) >= 11 is 0. The average molecular weight is 312 g/mol. The number of likely N-dealkylation sites (tertiary alicyclic amines) is 1. The maximum absolute atomic E-state index is 12.6. The normalized spacial score (nSPS) is 20.9. The second-order valence-electron chi connectivity index (χ2n) is 6.34. The molecule has 0 unspecified atom stereocenters. The fourth-order valence-electron chi connectivity index (χ4n) is 3.13. The molecule has 1 atom stereocenters. The van der Waals surface area contributed by atoms with Crippen LogP contribution < -0.4 is 5.73 Å². The van der Waals surface area contributed by atoms with E-state index < -0.39 is 0 Å². The highest BCUT2D eigenvalue weighted by Gasteiger charge is 2.30. The van der Waals surface area contributed by atoms with Crippen LogP contribution in [0.15, 0.2) is 28.8 Å². The van der Waals surface area contributed by atoms with Crippen molar-refractivity contribution in [2.75, 3.05) is 13.1 Å². The van der Waals surface area contributed by atoms with Crippen LogP contribution in [0, 0.1) is 0 Å². The van der Waals surface area contributed by atoms with Gasteiger partial charge in [0.25, 0.3) is 11.8 Å². The summed E-state index contributed by atoms with van der Waals surface area (Å²) in [5.74, 6) is 1.83. The van der Waals surface area contributed by atoms with E-state index in [1.807, 2.05) is 29.2 Å². The number of nitrogens with two attached hydrogens (primary N) is 1. The molecule has 6 heteroatoms. The Morgan fingerprint density at radius 2 is 2.04 bits per heavy atom. The van der Waals surface area contributed by atoms with Crippen molar-refractivity contribution in [1.29, 1.82) is 0 Å². The van der Waals surface area contributed by atoms with Gasteiger partial charge >= 0.3 is 0 Å². The van der Waals surface area contributed by atoms with E-state index in [0.29, 0.717) is 23.9 Å². The van der Waals surface area contributed by atoms with Gasteiger partial charge in [-0.1, -0.05) is 5.16 Å². The van der Waals surface area contributed by atoms with Crippen molar-refractivity contribution in [1.82, 2.24) is 15.0 Å². The Morgan fingerprint density at radius 1 is 1.26 bits per heavy atom. The predicted molar refractivity (Wildman–Crippen MR) is 84.8 cm³/mol. The van der Waals surface area contributed by atoms with E-state index in [0.717, 1.165) is 43.6 Å². The molecule has 1 aromatic carbocycles. The van der Waals surface area contributed by atoms with Crippen molar-refractivity contribution in [3.63, 3.8) is 0 Å². The van der Waals surface area contributed by atoms with Gasteiger partial charge < -0.3 is 15.2 Å². The van der Waals surface area contributed by atoms with Crippen LogP contribution in [0.2, 0.25) is 0 Å². The number of hydrogen-bond donors (Lipinski definition) is 1. The lowest BCUT2D eigenvalue weighted by molar-refractivity contribution is 0.0741. The Bertz CT molecular complexity index is 706. The van der Waals surface area contributed by atoms with Crippen LogP contribution >= 0.6 is 0 Å². The van der Waals surface area contributed by atoms with Gasteiger partial charge in [-0.15, -0.1) is 0 Å². The Morgan fingerprint density at radius 3 is 2.74 bits per heavy atom. The Kier molecular flexibility index (Phi) is 3.61. The molecule has 1 aliphatic carbocycles. The molecule has 4 rings (SSSR count). The van der Waals surface area contributed by atoms with Gasteiger partial charge in [0.1, 0.15) is 0 Å².